The van der Waals surface area contributed by atoms with E-state index in [4.69, 9.17) is 10.5 Å². The number of anilines is 1. The van der Waals surface area contributed by atoms with E-state index in [9.17, 15) is 4.79 Å². The molecule has 1 amide bonds. The number of morpholine rings is 1. The van der Waals surface area contributed by atoms with Crippen LogP contribution in [0, 0.1) is 0 Å². The van der Waals surface area contributed by atoms with Crippen molar-refractivity contribution < 1.29 is 9.53 Å². The molecule has 0 unspecified atom stereocenters. The number of benzene rings is 2. The first-order valence-electron chi connectivity index (χ1n) is 11.7. The van der Waals surface area contributed by atoms with Crippen LogP contribution >= 0.6 is 0 Å². The Bertz CT molecular complexity index is 1050. The molecule has 7 nitrogen and oxygen atoms in total. The van der Waals surface area contributed by atoms with Crippen LogP contribution in [0.3, 0.4) is 0 Å². The summed E-state index contributed by atoms with van der Waals surface area (Å²) >= 11 is 0. The maximum atomic E-state index is 12.0. The number of carbonyl (C=O) groups is 1. The van der Waals surface area contributed by atoms with Crippen molar-refractivity contribution in [2.45, 2.75) is 13.0 Å². The largest absolute Gasteiger partial charge is 0.379 e. The molecule has 1 fully saturated rings. The summed E-state index contributed by atoms with van der Waals surface area (Å²) in [4.78, 5) is 22.6. The summed E-state index contributed by atoms with van der Waals surface area (Å²) in [6, 6.07) is 16.4. The van der Waals surface area contributed by atoms with Gasteiger partial charge in [-0.15, -0.1) is 0 Å². The first kappa shape index (κ1) is 23.7. The van der Waals surface area contributed by atoms with Crippen LogP contribution in [-0.2, 0) is 16.1 Å². The second-order valence-corrected chi connectivity index (χ2v) is 8.61. The van der Waals surface area contributed by atoms with E-state index in [0.29, 0.717) is 12.5 Å². The standard InChI is InChI=1S/C27H33N5O2/c1-3-26(33)32-14-4-5-23(20-32)22-8-12-25(13-9-22)30(2)27(28)29-24-10-6-21(7-11-24)19-31-15-17-34-18-16-31/h3,5-13H,1,4,14-20H2,2H3,(H2,28,29). The Labute approximate surface area is 201 Å². The Balaban J connectivity index is 1.38. The molecular weight excluding hydrogens is 426 g/mol. The summed E-state index contributed by atoms with van der Waals surface area (Å²) in [7, 11) is 1.91. The predicted octanol–water partition coefficient (Wildman–Crippen LogP) is 3.40. The van der Waals surface area contributed by atoms with E-state index in [2.05, 4.69) is 46.8 Å². The monoisotopic (exact) mass is 459 g/mol. The second-order valence-electron chi connectivity index (χ2n) is 8.61. The molecule has 178 valence electrons. The lowest BCUT2D eigenvalue weighted by Gasteiger charge is -2.27. The summed E-state index contributed by atoms with van der Waals surface area (Å²) in [5.74, 6) is 0.397. The van der Waals surface area contributed by atoms with Crippen LogP contribution in [0.1, 0.15) is 17.5 Å². The highest BCUT2D eigenvalue weighted by molar-refractivity contribution is 5.96. The van der Waals surface area contributed by atoms with Gasteiger partial charge in [0.05, 0.1) is 18.9 Å². The minimum absolute atomic E-state index is 0.0277. The number of ether oxygens (including phenoxy) is 1. The van der Waals surface area contributed by atoms with Crippen molar-refractivity contribution in [3.63, 3.8) is 0 Å². The third kappa shape index (κ3) is 5.92. The lowest BCUT2D eigenvalue weighted by molar-refractivity contribution is -0.125. The SMILES string of the molecule is C=CC(=O)N1CCC=C(c2ccc(N(C)C(N)=Nc3ccc(CN4CCOCC4)cc3)cc2)C1. The van der Waals surface area contributed by atoms with Gasteiger partial charge in [0, 0.05) is 45.5 Å². The van der Waals surface area contributed by atoms with Crippen molar-refractivity contribution in [3.05, 3.63) is 78.4 Å². The number of nitrogens with two attached hydrogens (primary N) is 1. The summed E-state index contributed by atoms with van der Waals surface area (Å²) in [6.07, 6.45) is 4.42. The van der Waals surface area contributed by atoms with Crippen LogP contribution in [0.5, 0.6) is 0 Å². The fourth-order valence-electron chi connectivity index (χ4n) is 4.20. The van der Waals surface area contributed by atoms with Crippen molar-refractivity contribution in [3.8, 4) is 0 Å². The number of nitrogens with zero attached hydrogens (tertiary/aromatic N) is 4. The Kier molecular flexibility index (Phi) is 7.77. The summed E-state index contributed by atoms with van der Waals surface area (Å²) in [6.45, 7) is 9.40. The van der Waals surface area contributed by atoms with Gasteiger partial charge in [-0.1, -0.05) is 36.9 Å². The van der Waals surface area contributed by atoms with Gasteiger partial charge in [0.15, 0.2) is 0 Å². The van der Waals surface area contributed by atoms with Gasteiger partial charge in [0.25, 0.3) is 0 Å². The molecule has 0 saturated carbocycles. The molecule has 2 aliphatic heterocycles. The van der Waals surface area contributed by atoms with Crippen LogP contribution in [0.2, 0.25) is 0 Å². The van der Waals surface area contributed by atoms with Gasteiger partial charge in [0.1, 0.15) is 0 Å². The molecule has 0 aliphatic carbocycles. The zero-order valence-electron chi connectivity index (χ0n) is 19.8. The van der Waals surface area contributed by atoms with Gasteiger partial charge >= 0.3 is 0 Å². The second kappa shape index (κ2) is 11.1. The molecule has 4 rings (SSSR count). The maximum absolute atomic E-state index is 12.0. The number of carbonyl (C=O) groups excluding carboxylic acids is 1. The number of rotatable bonds is 6. The highest BCUT2D eigenvalue weighted by atomic mass is 16.5. The quantitative estimate of drug-likeness (QED) is 0.407. The maximum Gasteiger partial charge on any atom is 0.246 e. The van der Waals surface area contributed by atoms with Crippen LogP contribution in [0.4, 0.5) is 11.4 Å². The van der Waals surface area contributed by atoms with Crippen molar-refractivity contribution in [2.75, 3.05) is 51.3 Å². The number of aliphatic imine (C=N–C) groups is 1. The average molecular weight is 460 g/mol. The van der Waals surface area contributed by atoms with Crippen molar-refractivity contribution >= 4 is 28.8 Å². The third-order valence-corrected chi connectivity index (χ3v) is 6.30. The zero-order chi connectivity index (χ0) is 23.9. The van der Waals surface area contributed by atoms with Crippen molar-refractivity contribution in [1.29, 1.82) is 0 Å². The first-order chi connectivity index (χ1) is 16.5. The molecule has 0 aromatic heterocycles. The zero-order valence-corrected chi connectivity index (χ0v) is 19.8. The number of hydrogen-bond acceptors (Lipinski definition) is 4. The van der Waals surface area contributed by atoms with E-state index >= 15 is 0 Å². The van der Waals surface area contributed by atoms with Crippen LogP contribution in [0.15, 0.2) is 72.3 Å². The van der Waals surface area contributed by atoms with Gasteiger partial charge in [-0.25, -0.2) is 4.99 Å². The molecule has 7 heteroatoms. The van der Waals surface area contributed by atoms with Gasteiger partial charge in [-0.3, -0.25) is 9.69 Å². The smallest absolute Gasteiger partial charge is 0.246 e. The summed E-state index contributed by atoms with van der Waals surface area (Å²) in [5.41, 5.74) is 11.6. The third-order valence-electron chi connectivity index (χ3n) is 6.30. The van der Waals surface area contributed by atoms with E-state index in [-0.39, 0.29) is 5.91 Å². The molecule has 0 radical (unpaired) electrons. The highest BCUT2D eigenvalue weighted by Gasteiger charge is 2.17. The molecule has 2 N–H and O–H groups in total. The minimum Gasteiger partial charge on any atom is -0.379 e. The molecule has 1 saturated heterocycles. The lowest BCUT2D eigenvalue weighted by Crippen LogP contribution is -2.35. The lowest BCUT2D eigenvalue weighted by atomic mass is 10.0. The molecule has 0 spiro atoms. The Morgan fingerprint density at radius 1 is 1.12 bits per heavy atom. The Morgan fingerprint density at radius 3 is 2.50 bits per heavy atom. The fraction of sp³-hybridized carbons (Fsp3) is 0.333. The van der Waals surface area contributed by atoms with Gasteiger partial charge < -0.3 is 20.3 Å². The van der Waals surface area contributed by atoms with Gasteiger partial charge in [0.2, 0.25) is 11.9 Å². The van der Waals surface area contributed by atoms with Crippen LogP contribution < -0.4 is 10.6 Å². The highest BCUT2D eigenvalue weighted by Crippen LogP contribution is 2.24. The van der Waals surface area contributed by atoms with E-state index in [0.717, 1.165) is 68.3 Å². The molecule has 2 aromatic rings. The molecular formula is C27H33N5O2. The van der Waals surface area contributed by atoms with Gasteiger partial charge in [-0.2, -0.15) is 0 Å². The fourth-order valence-corrected chi connectivity index (χ4v) is 4.20. The molecule has 2 heterocycles. The van der Waals surface area contributed by atoms with Gasteiger partial charge in [-0.05, 0) is 53.5 Å². The number of amides is 1. The van der Waals surface area contributed by atoms with E-state index in [1.807, 2.05) is 41.1 Å². The Hall–Kier alpha value is -3.42. The van der Waals surface area contributed by atoms with Crippen molar-refractivity contribution in [1.82, 2.24) is 9.80 Å². The number of hydrogen-bond donors (Lipinski definition) is 1. The predicted molar refractivity (Wildman–Crippen MR) is 138 cm³/mol. The molecule has 34 heavy (non-hydrogen) atoms. The Morgan fingerprint density at radius 2 is 1.82 bits per heavy atom. The van der Waals surface area contributed by atoms with E-state index in [1.165, 1.54) is 11.6 Å². The van der Waals surface area contributed by atoms with Crippen LogP contribution in [0.25, 0.3) is 5.57 Å². The summed E-state index contributed by atoms with van der Waals surface area (Å²) in [5, 5.41) is 0. The topological polar surface area (TPSA) is 74.4 Å². The molecule has 2 aliphatic rings. The first-order valence-corrected chi connectivity index (χ1v) is 11.7. The summed E-state index contributed by atoms with van der Waals surface area (Å²) < 4.78 is 5.42. The minimum atomic E-state index is -0.0277. The van der Waals surface area contributed by atoms with Crippen molar-refractivity contribution in [2.24, 2.45) is 10.7 Å². The number of guanidine groups is 1. The molecule has 2 aromatic carbocycles. The molecule has 0 bridgehead atoms. The van der Waals surface area contributed by atoms with Crippen LogP contribution in [-0.4, -0.2) is 68.1 Å². The van der Waals surface area contributed by atoms with E-state index in [1.54, 1.807) is 0 Å². The average Bonchev–Trinajstić information content (AvgIpc) is 2.89. The normalized spacial score (nSPS) is 17.3. The van der Waals surface area contributed by atoms with E-state index < -0.39 is 0 Å². The molecule has 0 atom stereocenters.